The van der Waals surface area contributed by atoms with Crippen molar-refractivity contribution in [2.24, 2.45) is 0 Å². The number of imide groups is 1. The lowest BCUT2D eigenvalue weighted by Gasteiger charge is -2.33. The molecular formula is C26H25BrN5O2S2+. The van der Waals surface area contributed by atoms with Gasteiger partial charge in [0.2, 0.25) is 0 Å². The van der Waals surface area contributed by atoms with Crippen LogP contribution in [0.4, 0.5) is 10.5 Å². The van der Waals surface area contributed by atoms with Crippen molar-refractivity contribution in [2.45, 2.75) is 31.0 Å². The third kappa shape index (κ3) is 4.90. The van der Waals surface area contributed by atoms with Gasteiger partial charge in [0.05, 0.1) is 32.3 Å². The van der Waals surface area contributed by atoms with E-state index in [4.69, 9.17) is 0 Å². The first-order valence-corrected chi connectivity index (χ1v) is 14.2. The second kappa shape index (κ2) is 10.7. The lowest BCUT2D eigenvalue weighted by atomic mass is 10.2. The summed E-state index contributed by atoms with van der Waals surface area (Å²) >= 11 is 6.35. The Morgan fingerprint density at radius 3 is 2.69 bits per heavy atom. The number of anilines is 1. The van der Waals surface area contributed by atoms with E-state index in [9.17, 15) is 9.59 Å². The zero-order chi connectivity index (χ0) is 25.1. The predicted octanol–water partition coefficient (Wildman–Crippen LogP) is 6.61. The Labute approximate surface area is 226 Å². The maximum Gasteiger partial charge on any atom is 0.428 e. The van der Waals surface area contributed by atoms with Crippen LogP contribution in [0.15, 0.2) is 82.1 Å². The third-order valence-electron chi connectivity index (χ3n) is 6.50. The molecule has 1 aliphatic rings. The van der Waals surface area contributed by atoms with Crippen LogP contribution in [0.2, 0.25) is 0 Å². The van der Waals surface area contributed by atoms with E-state index >= 15 is 0 Å². The smallest absolute Gasteiger partial charge is 0.322 e. The molecule has 0 saturated carbocycles. The Morgan fingerprint density at radius 2 is 1.97 bits per heavy atom. The summed E-state index contributed by atoms with van der Waals surface area (Å²) in [4.78, 5) is 37.4. The average Bonchev–Trinajstić information content (AvgIpc) is 3.65. The first-order chi connectivity index (χ1) is 17.5. The Morgan fingerprint density at radius 1 is 1.17 bits per heavy atom. The molecule has 3 aromatic heterocycles. The van der Waals surface area contributed by atoms with E-state index in [0.717, 1.165) is 32.9 Å². The van der Waals surface area contributed by atoms with Gasteiger partial charge in [-0.2, -0.15) is 4.48 Å². The monoisotopic (exact) mass is 582 g/mol. The fourth-order valence-electron chi connectivity index (χ4n) is 4.62. The fourth-order valence-corrected chi connectivity index (χ4v) is 6.76. The number of nitrogens with zero attached hydrogens (tertiary/aromatic N) is 4. The van der Waals surface area contributed by atoms with Crippen LogP contribution in [0.25, 0.3) is 16.3 Å². The highest BCUT2D eigenvalue weighted by Crippen LogP contribution is 2.33. The molecule has 1 N–H and O–H groups in total. The summed E-state index contributed by atoms with van der Waals surface area (Å²) in [5.74, 6) is -0.0111. The summed E-state index contributed by atoms with van der Waals surface area (Å²) in [7, 11) is 0. The number of thiophene rings is 1. The topological polar surface area (TPSA) is 76.9 Å². The summed E-state index contributed by atoms with van der Waals surface area (Å²) < 4.78 is 2.76. The van der Waals surface area contributed by atoms with Crippen molar-refractivity contribution in [3.8, 4) is 16.3 Å². The molecule has 7 nitrogen and oxygen atoms in total. The summed E-state index contributed by atoms with van der Waals surface area (Å²) in [5, 5.41) is 3.59. The molecule has 184 valence electrons. The second-order valence-electron chi connectivity index (χ2n) is 8.63. The summed E-state index contributed by atoms with van der Waals surface area (Å²) in [6, 6.07) is 16.9. The van der Waals surface area contributed by atoms with Gasteiger partial charge in [0.25, 0.3) is 0 Å². The average molecular weight is 584 g/mol. The van der Waals surface area contributed by atoms with Crippen LogP contribution in [0.1, 0.15) is 19.8 Å². The highest BCUT2D eigenvalue weighted by molar-refractivity contribution is 9.11. The second-order valence-corrected chi connectivity index (χ2v) is 12.0. The molecule has 4 aromatic rings. The number of rotatable bonds is 6. The van der Waals surface area contributed by atoms with Gasteiger partial charge in [-0.15, -0.1) is 11.3 Å². The molecule has 36 heavy (non-hydrogen) atoms. The molecule has 0 bridgehead atoms. The first-order valence-electron chi connectivity index (χ1n) is 11.6. The van der Waals surface area contributed by atoms with Crippen molar-refractivity contribution >= 4 is 56.7 Å². The summed E-state index contributed by atoms with van der Waals surface area (Å²) in [6.45, 7) is 2.47. The van der Waals surface area contributed by atoms with E-state index in [2.05, 4.69) is 31.2 Å². The van der Waals surface area contributed by atoms with E-state index in [1.54, 1.807) is 17.5 Å². The quantitative estimate of drug-likeness (QED) is 0.157. The van der Waals surface area contributed by atoms with Gasteiger partial charge >= 0.3 is 11.9 Å². The normalized spacial score (nSPS) is 19.3. The number of quaternary nitrogens is 1. The Bertz CT molecular complexity index is 1390. The van der Waals surface area contributed by atoms with Crippen molar-refractivity contribution in [3.63, 3.8) is 0 Å². The minimum Gasteiger partial charge on any atom is -0.322 e. The number of benzene rings is 1. The van der Waals surface area contributed by atoms with E-state index in [0.29, 0.717) is 17.4 Å². The summed E-state index contributed by atoms with van der Waals surface area (Å²) in [5.41, 5.74) is 2.34. The number of carbonyl (C=O) groups excluding carboxylic acids is 2. The number of carbonyl (C=O) groups is 2. The first kappa shape index (κ1) is 24.9. The largest absolute Gasteiger partial charge is 0.428 e. The number of para-hydroxylation sites is 2. The molecule has 0 spiro atoms. The SMILES string of the molecule is C[C@@H]1CCC[N+]1(C(=O)CSc1nccc(-c2ccc(Br)s2)n1)C(=O)Nc1ccccc1-n1cccc1. The highest BCUT2D eigenvalue weighted by atomic mass is 79.9. The number of thioether (sulfide) groups is 1. The molecule has 1 fully saturated rings. The maximum absolute atomic E-state index is 13.8. The number of hydrogen-bond acceptors (Lipinski definition) is 6. The van der Waals surface area contributed by atoms with Crippen LogP contribution >= 0.6 is 39.0 Å². The van der Waals surface area contributed by atoms with Gasteiger partial charge in [-0.25, -0.2) is 19.6 Å². The van der Waals surface area contributed by atoms with Crippen molar-refractivity contribution < 1.29 is 14.1 Å². The van der Waals surface area contributed by atoms with Crippen LogP contribution in [0.5, 0.6) is 0 Å². The minimum absolute atomic E-state index is 0.104. The molecular weight excluding hydrogens is 558 g/mol. The van der Waals surface area contributed by atoms with Crippen LogP contribution in [-0.4, -0.2) is 49.3 Å². The number of urea groups is 1. The van der Waals surface area contributed by atoms with Gasteiger partial charge < -0.3 is 4.57 Å². The molecule has 1 unspecified atom stereocenters. The summed E-state index contributed by atoms with van der Waals surface area (Å²) in [6.07, 6.45) is 7.21. The molecule has 1 aromatic carbocycles. The van der Waals surface area contributed by atoms with E-state index < -0.39 is 0 Å². The van der Waals surface area contributed by atoms with E-state index in [1.165, 1.54) is 11.8 Å². The van der Waals surface area contributed by atoms with Crippen molar-refractivity contribution in [1.82, 2.24) is 14.5 Å². The molecule has 1 saturated heterocycles. The molecule has 3 amide bonds. The van der Waals surface area contributed by atoms with Crippen LogP contribution in [-0.2, 0) is 4.79 Å². The lowest BCUT2D eigenvalue weighted by molar-refractivity contribution is -0.781. The van der Waals surface area contributed by atoms with Gasteiger partial charge in [0, 0.05) is 31.4 Å². The number of hydrogen-bond donors (Lipinski definition) is 1. The standard InChI is InChI=1S/C26H24BrN5O2S2/c1-18-7-6-16-32(18,26(34)30-19-8-2-3-9-21(19)31-14-4-5-15-31)24(33)17-35-25-28-13-12-20(29-25)22-10-11-23(27)36-22/h2-5,8-15,18H,6-7,16-17H2,1H3/p+1/t18-,32?/m1/s1. The van der Waals surface area contributed by atoms with Gasteiger partial charge in [0.15, 0.2) is 5.16 Å². The lowest BCUT2D eigenvalue weighted by Crippen LogP contribution is -2.61. The molecule has 1 aliphatic heterocycles. The van der Waals surface area contributed by atoms with Gasteiger partial charge in [-0.1, -0.05) is 23.9 Å². The number of amides is 3. The van der Waals surface area contributed by atoms with Gasteiger partial charge in [-0.05, 0) is 65.3 Å². The van der Waals surface area contributed by atoms with E-state index in [-0.39, 0.29) is 28.2 Å². The molecule has 4 heterocycles. The third-order valence-corrected chi connectivity index (χ3v) is 9.00. The van der Waals surface area contributed by atoms with Crippen molar-refractivity contribution in [2.75, 3.05) is 17.6 Å². The molecule has 5 rings (SSSR count). The zero-order valence-electron chi connectivity index (χ0n) is 19.6. The van der Waals surface area contributed by atoms with E-state index in [1.807, 2.05) is 78.5 Å². The fraction of sp³-hybridized carbons (Fsp3) is 0.231. The van der Waals surface area contributed by atoms with Crippen LogP contribution in [0.3, 0.4) is 0 Å². The predicted molar refractivity (Wildman–Crippen MR) is 147 cm³/mol. The minimum atomic E-state index is -0.289. The number of halogens is 1. The Hall–Kier alpha value is -2.79. The molecule has 2 atom stereocenters. The highest BCUT2D eigenvalue weighted by Gasteiger charge is 2.52. The van der Waals surface area contributed by atoms with Crippen molar-refractivity contribution in [1.29, 1.82) is 0 Å². The maximum atomic E-state index is 13.8. The molecule has 0 radical (unpaired) electrons. The van der Waals surface area contributed by atoms with Gasteiger partial charge in [-0.3, -0.25) is 5.32 Å². The molecule has 0 aliphatic carbocycles. The number of aromatic nitrogens is 3. The zero-order valence-corrected chi connectivity index (χ0v) is 22.9. The van der Waals surface area contributed by atoms with Crippen molar-refractivity contribution in [3.05, 3.63) is 77.0 Å². The van der Waals surface area contributed by atoms with Crippen LogP contribution < -0.4 is 5.32 Å². The molecule has 10 heteroatoms. The van der Waals surface area contributed by atoms with Crippen LogP contribution in [0, 0.1) is 0 Å². The number of likely N-dealkylation sites (tertiary alicyclic amines) is 1. The Kier molecular flexibility index (Phi) is 7.38. The van der Waals surface area contributed by atoms with Gasteiger partial charge in [0.1, 0.15) is 11.8 Å². The number of nitrogens with one attached hydrogen (secondary N) is 1. The Balaban J connectivity index is 1.35.